The summed E-state index contributed by atoms with van der Waals surface area (Å²) in [6.45, 7) is 4.88. The largest absolute Gasteiger partial charge is 0.352 e. The number of nitrogens with zero attached hydrogens (tertiary/aromatic N) is 4. The zero-order chi connectivity index (χ0) is 15.8. The number of anilines is 2. The van der Waals surface area contributed by atoms with Crippen LogP contribution in [0.25, 0.3) is 0 Å². The number of nitroso groups, excluding NO2 is 1. The first-order valence-electron chi connectivity index (χ1n) is 7.63. The Morgan fingerprint density at radius 3 is 2.78 bits per heavy atom. The van der Waals surface area contributed by atoms with Crippen LogP contribution in [-0.4, -0.2) is 41.9 Å². The molecule has 0 spiro atoms. The monoisotopic (exact) mass is 327 g/mol. The molecule has 4 rings (SSSR count). The van der Waals surface area contributed by atoms with Crippen molar-refractivity contribution in [2.45, 2.75) is 6.92 Å². The van der Waals surface area contributed by atoms with E-state index in [1.54, 1.807) is 16.3 Å². The summed E-state index contributed by atoms with van der Waals surface area (Å²) in [7, 11) is 0. The minimum Gasteiger partial charge on any atom is -0.352 e. The summed E-state index contributed by atoms with van der Waals surface area (Å²) in [6, 6.07) is 10.3. The van der Waals surface area contributed by atoms with Crippen molar-refractivity contribution in [1.82, 2.24) is 9.91 Å². The highest BCUT2D eigenvalue weighted by Gasteiger charge is 2.26. The Kier molecular flexibility index (Phi) is 3.49. The molecule has 1 aromatic carbocycles. The van der Waals surface area contributed by atoms with Crippen molar-refractivity contribution in [3.8, 4) is 0 Å². The van der Waals surface area contributed by atoms with Crippen LogP contribution in [-0.2, 0) is 0 Å². The van der Waals surface area contributed by atoms with Crippen molar-refractivity contribution in [3.05, 3.63) is 45.7 Å². The second-order valence-corrected chi connectivity index (χ2v) is 6.96. The Morgan fingerprint density at radius 1 is 1.22 bits per heavy atom. The number of rotatable bonds is 1. The number of hydrogen-bond acceptors (Lipinski definition) is 6. The summed E-state index contributed by atoms with van der Waals surface area (Å²) < 4.78 is 0. The van der Waals surface area contributed by atoms with E-state index in [1.807, 2.05) is 18.2 Å². The standard InChI is InChI=1S/C16H17N5OS/c1-11-10-12-15(20-6-8-21(19-22)9-7-20)17-13-4-2-3-5-14(13)18-16(12)23-11/h2-5,10,18H,6-9H2,1H3. The van der Waals surface area contributed by atoms with Crippen molar-refractivity contribution >= 4 is 33.5 Å². The minimum atomic E-state index is 0.635. The summed E-state index contributed by atoms with van der Waals surface area (Å²) in [6.07, 6.45) is 0. The van der Waals surface area contributed by atoms with E-state index in [0.717, 1.165) is 40.9 Å². The molecule has 6 nitrogen and oxygen atoms in total. The number of amidine groups is 1. The lowest BCUT2D eigenvalue weighted by Crippen LogP contribution is -2.46. The lowest BCUT2D eigenvalue weighted by atomic mass is 10.2. The van der Waals surface area contributed by atoms with Crippen LogP contribution in [0.1, 0.15) is 10.4 Å². The fraction of sp³-hybridized carbons (Fsp3) is 0.312. The Balaban J connectivity index is 1.76. The maximum atomic E-state index is 10.7. The molecule has 1 fully saturated rings. The SMILES string of the molecule is Cc1cc2c(s1)Nc1ccccc1N=C2N1CCN(N=O)CC1. The highest BCUT2D eigenvalue weighted by Crippen LogP contribution is 2.39. The van der Waals surface area contributed by atoms with E-state index in [-0.39, 0.29) is 0 Å². The maximum absolute atomic E-state index is 10.7. The number of aliphatic imine (C=N–C) groups is 1. The number of piperazine rings is 1. The first-order chi connectivity index (χ1) is 11.2. The molecular weight excluding hydrogens is 310 g/mol. The van der Waals surface area contributed by atoms with Crippen LogP contribution in [0.4, 0.5) is 16.4 Å². The molecule has 0 saturated carbocycles. The van der Waals surface area contributed by atoms with Gasteiger partial charge >= 0.3 is 0 Å². The predicted molar refractivity (Wildman–Crippen MR) is 93.9 cm³/mol. The molecule has 2 aliphatic rings. The molecule has 0 amide bonds. The van der Waals surface area contributed by atoms with Crippen molar-refractivity contribution < 1.29 is 0 Å². The lowest BCUT2D eigenvalue weighted by Gasteiger charge is -2.33. The van der Waals surface area contributed by atoms with Gasteiger partial charge in [-0.2, -0.15) is 0 Å². The highest BCUT2D eigenvalue weighted by molar-refractivity contribution is 7.16. The normalized spacial score (nSPS) is 16.8. The van der Waals surface area contributed by atoms with Gasteiger partial charge in [-0.1, -0.05) is 12.1 Å². The molecule has 0 radical (unpaired) electrons. The first-order valence-corrected chi connectivity index (χ1v) is 8.45. The summed E-state index contributed by atoms with van der Waals surface area (Å²) in [5.41, 5.74) is 3.11. The lowest BCUT2D eigenvalue weighted by molar-refractivity contribution is 0.186. The smallest absolute Gasteiger partial charge is 0.139 e. The number of thiophene rings is 1. The van der Waals surface area contributed by atoms with Crippen LogP contribution >= 0.6 is 11.3 Å². The van der Waals surface area contributed by atoms with Crippen molar-refractivity contribution in [2.24, 2.45) is 10.3 Å². The van der Waals surface area contributed by atoms with Gasteiger partial charge in [-0.05, 0) is 25.1 Å². The van der Waals surface area contributed by atoms with E-state index in [9.17, 15) is 4.91 Å². The number of benzene rings is 1. The summed E-state index contributed by atoms with van der Waals surface area (Å²) in [4.78, 5) is 19.1. The van der Waals surface area contributed by atoms with E-state index in [0.29, 0.717) is 13.1 Å². The van der Waals surface area contributed by atoms with Gasteiger partial charge in [-0.25, -0.2) is 4.99 Å². The molecule has 3 heterocycles. The topological polar surface area (TPSA) is 60.3 Å². The van der Waals surface area contributed by atoms with Crippen LogP contribution in [0.2, 0.25) is 0 Å². The molecule has 0 bridgehead atoms. The molecular formula is C16H17N5OS. The quantitative estimate of drug-likeness (QED) is 0.815. The second kappa shape index (κ2) is 5.66. The van der Waals surface area contributed by atoms with Crippen molar-refractivity contribution in [2.75, 3.05) is 31.5 Å². The third kappa shape index (κ3) is 2.57. The molecule has 1 aromatic heterocycles. The van der Waals surface area contributed by atoms with Gasteiger partial charge in [0.25, 0.3) is 0 Å². The zero-order valence-electron chi connectivity index (χ0n) is 12.8. The van der Waals surface area contributed by atoms with Gasteiger partial charge in [-0.15, -0.1) is 16.2 Å². The molecule has 1 N–H and O–H groups in total. The van der Waals surface area contributed by atoms with Gasteiger partial charge in [0.1, 0.15) is 10.8 Å². The Bertz CT molecular complexity index is 777. The average Bonchev–Trinajstić information content (AvgIpc) is 2.87. The van der Waals surface area contributed by atoms with Crippen molar-refractivity contribution in [3.63, 3.8) is 0 Å². The Hall–Kier alpha value is -2.41. The van der Waals surface area contributed by atoms with Crippen LogP contribution < -0.4 is 5.32 Å². The van der Waals surface area contributed by atoms with Crippen LogP contribution in [0, 0.1) is 11.8 Å². The maximum Gasteiger partial charge on any atom is 0.139 e. The zero-order valence-corrected chi connectivity index (χ0v) is 13.6. The number of aryl methyl sites for hydroxylation is 1. The van der Waals surface area contributed by atoms with E-state index in [1.165, 1.54) is 4.88 Å². The minimum absolute atomic E-state index is 0.635. The van der Waals surface area contributed by atoms with Gasteiger partial charge in [-0.3, -0.25) is 5.01 Å². The van der Waals surface area contributed by atoms with Crippen LogP contribution in [0.5, 0.6) is 0 Å². The average molecular weight is 327 g/mol. The molecule has 0 atom stereocenters. The molecule has 2 aliphatic heterocycles. The molecule has 0 unspecified atom stereocenters. The number of hydrogen-bond donors (Lipinski definition) is 1. The molecule has 118 valence electrons. The Labute approximate surface area is 138 Å². The second-order valence-electron chi connectivity index (χ2n) is 5.70. The van der Waals surface area contributed by atoms with E-state index < -0.39 is 0 Å². The molecule has 2 aromatic rings. The van der Waals surface area contributed by atoms with E-state index in [4.69, 9.17) is 4.99 Å². The van der Waals surface area contributed by atoms with E-state index >= 15 is 0 Å². The predicted octanol–water partition coefficient (Wildman–Crippen LogP) is 3.49. The first kappa shape index (κ1) is 14.2. The number of fused-ring (bicyclic) bond motifs is 2. The highest BCUT2D eigenvalue weighted by atomic mass is 32.1. The molecule has 7 heteroatoms. The van der Waals surface area contributed by atoms with E-state index in [2.05, 4.69) is 34.6 Å². The number of para-hydroxylation sites is 2. The van der Waals surface area contributed by atoms with Gasteiger partial charge in [0.05, 0.1) is 35.3 Å². The van der Waals surface area contributed by atoms with Crippen LogP contribution in [0.15, 0.2) is 40.6 Å². The van der Waals surface area contributed by atoms with Gasteiger partial charge < -0.3 is 10.2 Å². The molecule has 0 aliphatic carbocycles. The van der Waals surface area contributed by atoms with Gasteiger partial charge in [0, 0.05) is 18.0 Å². The van der Waals surface area contributed by atoms with Gasteiger partial charge in [0.15, 0.2) is 0 Å². The van der Waals surface area contributed by atoms with Crippen molar-refractivity contribution in [1.29, 1.82) is 0 Å². The third-order valence-electron chi connectivity index (χ3n) is 4.15. The van der Waals surface area contributed by atoms with Gasteiger partial charge in [0.2, 0.25) is 0 Å². The van der Waals surface area contributed by atoms with Crippen LogP contribution in [0.3, 0.4) is 0 Å². The summed E-state index contributed by atoms with van der Waals surface area (Å²) in [5.74, 6) is 0.979. The molecule has 23 heavy (non-hydrogen) atoms. The number of nitrogens with one attached hydrogen (secondary N) is 1. The summed E-state index contributed by atoms with van der Waals surface area (Å²) >= 11 is 1.74. The fourth-order valence-corrected chi connectivity index (χ4v) is 3.90. The Morgan fingerprint density at radius 2 is 2.00 bits per heavy atom. The summed E-state index contributed by atoms with van der Waals surface area (Å²) in [5, 5.41) is 9.24. The third-order valence-corrected chi connectivity index (χ3v) is 5.11. The molecule has 1 saturated heterocycles. The fourth-order valence-electron chi connectivity index (χ4n) is 2.98.